The number of nitrogens with zero attached hydrogens (tertiary/aromatic N) is 4. The molecular weight excluding hydrogens is 382 g/mol. The molecule has 1 N–H and O–H groups in total. The lowest BCUT2D eigenvalue weighted by Gasteiger charge is -2.11. The van der Waals surface area contributed by atoms with Crippen LogP contribution in [0.25, 0.3) is 22.5 Å². The molecule has 0 unspecified atom stereocenters. The topological polar surface area (TPSA) is 72.7 Å². The van der Waals surface area contributed by atoms with Crippen molar-refractivity contribution >= 4 is 23.4 Å². The van der Waals surface area contributed by atoms with Gasteiger partial charge in [0.1, 0.15) is 0 Å². The van der Waals surface area contributed by atoms with E-state index in [0.29, 0.717) is 5.16 Å². The first kappa shape index (κ1) is 18.9. The molecule has 0 atom stereocenters. The van der Waals surface area contributed by atoms with Crippen LogP contribution < -0.4 is 5.32 Å². The van der Waals surface area contributed by atoms with Crippen LogP contribution in [-0.2, 0) is 11.8 Å². The summed E-state index contributed by atoms with van der Waals surface area (Å²) >= 11 is 1.35. The smallest absolute Gasteiger partial charge is 0.234 e. The van der Waals surface area contributed by atoms with E-state index in [-0.39, 0.29) is 11.7 Å². The average Bonchev–Trinajstić information content (AvgIpc) is 3.14. The largest absolute Gasteiger partial charge is 0.325 e. The van der Waals surface area contributed by atoms with Gasteiger partial charge in [-0.3, -0.25) is 9.78 Å². The van der Waals surface area contributed by atoms with E-state index in [4.69, 9.17) is 0 Å². The molecule has 4 rings (SSSR count). The summed E-state index contributed by atoms with van der Waals surface area (Å²) in [6.07, 6.45) is 3.43. The van der Waals surface area contributed by atoms with E-state index in [0.717, 1.165) is 28.2 Å². The second kappa shape index (κ2) is 8.70. The number of aromatic nitrogens is 4. The van der Waals surface area contributed by atoms with Crippen LogP contribution in [0.15, 0.2) is 84.3 Å². The standard InChI is InChI=1S/C22H19N5OS/c1-27-21(17-11-13-23-14-12-17)25-26-22(27)29-15-20(28)24-19-10-6-5-9-18(19)16-7-3-2-4-8-16/h2-14H,15H2,1H3,(H,24,28). The van der Waals surface area contributed by atoms with E-state index in [1.807, 2.05) is 78.3 Å². The molecule has 0 saturated carbocycles. The number of thioether (sulfide) groups is 1. The van der Waals surface area contributed by atoms with Crippen LogP contribution in [0.5, 0.6) is 0 Å². The number of carbonyl (C=O) groups is 1. The number of rotatable bonds is 6. The molecule has 0 bridgehead atoms. The second-order valence-electron chi connectivity index (χ2n) is 6.35. The van der Waals surface area contributed by atoms with Crippen molar-refractivity contribution in [3.8, 4) is 22.5 Å². The average molecular weight is 401 g/mol. The normalized spacial score (nSPS) is 10.7. The summed E-state index contributed by atoms with van der Waals surface area (Å²) in [6.45, 7) is 0. The van der Waals surface area contributed by atoms with Crippen molar-refractivity contribution in [3.05, 3.63) is 79.1 Å². The first-order valence-electron chi connectivity index (χ1n) is 9.09. The fourth-order valence-electron chi connectivity index (χ4n) is 2.97. The summed E-state index contributed by atoms with van der Waals surface area (Å²) in [4.78, 5) is 16.6. The van der Waals surface area contributed by atoms with Gasteiger partial charge >= 0.3 is 0 Å². The Kier molecular flexibility index (Phi) is 5.67. The lowest BCUT2D eigenvalue weighted by atomic mass is 10.0. The van der Waals surface area contributed by atoms with Gasteiger partial charge in [0.2, 0.25) is 5.91 Å². The third kappa shape index (κ3) is 4.35. The van der Waals surface area contributed by atoms with E-state index in [1.54, 1.807) is 12.4 Å². The number of hydrogen-bond acceptors (Lipinski definition) is 5. The fraction of sp³-hybridized carbons (Fsp3) is 0.0909. The predicted molar refractivity (Wildman–Crippen MR) is 115 cm³/mol. The first-order chi connectivity index (χ1) is 14.2. The van der Waals surface area contributed by atoms with E-state index in [1.165, 1.54) is 11.8 Å². The van der Waals surface area contributed by atoms with Crippen LogP contribution in [0, 0.1) is 0 Å². The molecule has 2 aromatic heterocycles. The van der Waals surface area contributed by atoms with E-state index >= 15 is 0 Å². The van der Waals surface area contributed by atoms with Crippen molar-refractivity contribution in [1.82, 2.24) is 19.7 Å². The van der Waals surface area contributed by atoms with Crippen molar-refractivity contribution in [1.29, 1.82) is 0 Å². The van der Waals surface area contributed by atoms with Crippen LogP contribution in [0.1, 0.15) is 0 Å². The van der Waals surface area contributed by atoms with Gasteiger partial charge in [-0.2, -0.15) is 0 Å². The number of benzene rings is 2. The second-order valence-corrected chi connectivity index (χ2v) is 7.29. The molecule has 0 radical (unpaired) electrons. The number of pyridine rings is 1. The Morgan fingerprint density at radius 3 is 2.45 bits per heavy atom. The van der Waals surface area contributed by atoms with Crippen LogP contribution in [0.2, 0.25) is 0 Å². The first-order valence-corrected chi connectivity index (χ1v) is 10.1. The Hall–Kier alpha value is -3.45. The number of amides is 1. The summed E-state index contributed by atoms with van der Waals surface area (Å²) in [6, 6.07) is 21.6. The van der Waals surface area contributed by atoms with Gasteiger partial charge in [0.25, 0.3) is 0 Å². The highest BCUT2D eigenvalue weighted by Crippen LogP contribution is 2.28. The minimum atomic E-state index is -0.0909. The monoisotopic (exact) mass is 401 g/mol. The van der Waals surface area contributed by atoms with Gasteiger partial charge in [0, 0.05) is 36.3 Å². The predicted octanol–water partition coefficient (Wildman–Crippen LogP) is 4.27. The van der Waals surface area contributed by atoms with Gasteiger partial charge in [-0.15, -0.1) is 10.2 Å². The van der Waals surface area contributed by atoms with Crippen LogP contribution in [0.4, 0.5) is 5.69 Å². The van der Waals surface area contributed by atoms with E-state index in [2.05, 4.69) is 20.5 Å². The molecule has 4 aromatic rings. The van der Waals surface area contributed by atoms with E-state index < -0.39 is 0 Å². The zero-order chi connectivity index (χ0) is 20.1. The van der Waals surface area contributed by atoms with Gasteiger partial charge in [-0.25, -0.2) is 0 Å². The van der Waals surface area contributed by atoms with Crippen LogP contribution in [-0.4, -0.2) is 31.4 Å². The van der Waals surface area contributed by atoms with Gasteiger partial charge in [0.05, 0.1) is 5.75 Å². The summed E-state index contributed by atoms with van der Waals surface area (Å²) < 4.78 is 1.88. The molecule has 0 saturated heterocycles. The quantitative estimate of drug-likeness (QED) is 0.488. The minimum absolute atomic E-state index is 0.0909. The minimum Gasteiger partial charge on any atom is -0.325 e. The number of anilines is 1. The molecule has 29 heavy (non-hydrogen) atoms. The molecule has 2 heterocycles. The molecular formula is C22H19N5OS. The fourth-order valence-corrected chi connectivity index (χ4v) is 3.68. The SMILES string of the molecule is Cn1c(SCC(=O)Nc2ccccc2-c2ccccc2)nnc1-c1ccncc1. The Bertz CT molecular complexity index is 1110. The van der Waals surface area contributed by atoms with Gasteiger partial charge < -0.3 is 9.88 Å². The molecule has 0 aliphatic rings. The highest BCUT2D eigenvalue weighted by Gasteiger charge is 2.14. The lowest BCUT2D eigenvalue weighted by Crippen LogP contribution is -2.15. The molecule has 0 aliphatic heterocycles. The molecule has 6 nitrogen and oxygen atoms in total. The highest BCUT2D eigenvalue weighted by molar-refractivity contribution is 7.99. The van der Waals surface area contributed by atoms with Gasteiger partial charge in [-0.1, -0.05) is 60.3 Å². The molecule has 0 fully saturated rings. The summed E-state index contributed by atoms with van der Waals surface area (Å²) in [5.74, 6) is 0.891. The van der Waals surface area contributed by atoms with Crippen molar-refractivity contribution in [2.75, 3.05) is 11.1 Å². The number of nitrogens with one attached hydrogen (secondary N) is 1. The molecule has 1 amide bonds. The summed E-state index contributed by atoms with van der Waals surface area (Å²) in [5, 5.41) is 12.1. The molecule has 0 aliphatic carbocycles. The maximum Gasteiger partial charge on any atom is 0.234 e. The van der Waals surface area contributed by atoms with Gasteiger partial charge in [0.15, 0.2) is 11.0 Å². The number of para-hydroxylation sites is 1. The third-order valence-electron chi connectivity index (χ3n) is 4.39. The van der Waals surface area contributed by atoms with Crippen molar-refractivity contribution in [2.24, 2.45) is 7.05 Å². The Morgan fingerprint density at radius 2 is 1.66 bits per heavy atom. The molecule has 0 spiro atoms. The van der Waals surface area contributed by atoms with Gasteiger partial charge in [-0.05, 0) is 23.8 Å². The summed E-state index contributed by atoms with van der Waals surface area (Å²) in [7, 11) is 1.89. The Labute approximate surface area is 173 Å². The zero-order valence-corrected chi connectivity index (χ0v) is 16.6. The highest BCUT2D eigenvalue weighted by atomic mass is 32.2. The molecule has 144 valence electrons. The zero-order valence-electron chi connectivity index (χ0n) is 15.8. The Balaban J connectivity index is 1.44. The van der Waals surface area contributed by atoms with Crippen molar-refractivity contribution < 1.29 is 4.79 Å². The molecule has 2 aromatic carbocycles. The van der Waals surface area contributed by atoms with Crippen molar-refractivity contribution in [3.63, 3.8) is 0 Å². The van der Waals surface area contributed by atoms with Crippen LogP contribution >= 0.6 is 11.8 Å². The third-order valence-corrected chi connectivity index (χ3v) is 5.41. The Morgan fingerprint density at radius 1 is 0.931 bits per heavy atom. The maximum absolute atomic E-state index is 12.6. The van der Waals surface area contributed by atoms with E-state index in [9.17, 15) is 4.79 Å². The molecule has 7 heteroatoms. The summed E-state index contributed by atoms with van der Waals surface area (Å²) in [5.41, 5.74) is 3.78. The lowest BCUT2D eigenvalue weighted by molar-refractivity contribution is -0.113. The number of hydrogen-bond donors (Lipinski definition) is 1. The number of carbonyl (C=O) groups excluding carboxylic acids is 1. The van der Waals surface area contributed by atoms with Crippen LogP contribution in [0.3, 0.4) is 0 Å². The van der Waals surface area contributed by atoms with Crippen molar-refractivity contribution in [2.45, 2.75) is 5.16 Å². The maximum atomic E-state index is 12.6.